The zero-order chi connectivity index (χ0) is 20.3. The lowest BCUT2D eigenvalue weighted by molar-refractivity contribution is 0.0360. The average Bonchev–Trinajstić information content (AvgIpc) is 3.34. The van der Waals surface area contributed by atoms with Gasteiger partial charge in [0.1, 0.15) is 0 Å². The van der Waals surface area contributed by atoms with Gasteiger partial charge >= 0.3 is 0 Å². The van der Waals surface area contributed by atoms with Crippen LogP contribution in [0.1, 0.15) is 32.8 Å². The number of aromatic nitrogens is 3. The Kier molecular flexibility index (Phi) is 5.92. The van der Waals surface area contributed by atoms with E-state index in [1.54, 1.807) is 0 Å². The fourth-order valence-corrected chi connectivity index (χ4v) is 4.47. The van der Waals surface area contributed by atoms with E-state index in [0.717, 1.165) is 51.5 Å². The molecule has 1 saturated heterocycles. The zero-order valence-electron chi connectivity index (χ0n) is 17.8. The molecule has 2 N–H and O–H groups in total. The van der Waals surface area contributed by atoms with E-state index < -0.39 is 0 Å². The molecule has 1 aromatic carbocycles. The minimum atomic E-state index is 0.0678. The SMILES string of the molecule is CC(CC(C)(C)c1c[nH]c2ccccc12)Nc1cnn(CCN2CCOCC2)c1. The second kappa shape index (κ2) is 8.59. The van der Waals surface area contributed by atoms with Crippen molar-refractivity contribution in [1.82, 2.24) is 19.7 Å². The van der Waals surface area contributed by atoms with Crippen molar-refractivity contribution in [1.29, 1.82) is 0 Å². The van der Waals surface area contributed by atoms with Crippen LogP contribution >= 0.6 is 0 Å². The van der Waals surface area contributed by atoms with Crippen molar-refractivity contribution in [2.24, 2.45) is 0 Å². The number of hydrogen-bond donors (Lipinski definition) is 2. The number of rotatable bonds is 8. The summed E-state index contributed by atoms with van der Waals surface area (Å²) in [7, 11) is 0. The van der Waals surface area contributed by atoms with Crippen LogP contribution in [-0.4, -0.2) is 58.6 Å². The summed E-state index contributed by atoms with van der Waals surface area (Å²) in [6, 6.07) is 8.89. The molecule has 0 amide bonds. The van der Waals surface area contributed by atoms with Crippen molar-refractivity contribution in [2.75, 3.05) is 38.2 Å². The number of ether oxygens (including phenoxy) is 1. The molecular formula is C23H33N5O. The van der Waals surface area contributed by atoms with Gasteiger partial charge in [-0.05, 0) is 30.4 Å². The molecule has 0 radical (unpaired) electrons. The second-order valence-electron chi connectivity index (χ2n) is 8.83. The minimum absolute atomic E-state index is 0.0678. The number of aromatic amines is 1. The molecule has 0 spiro atoms. The molecule has 1 aliphatic heterocycles. The maximum Gasteiger partial charge on any atom is 0.0728 e. The monoisotopic (exact) mass is 395 g/mol. The lowest BCUT2D eigenvalue weighted by Crippen LogP contribution is -2.38. The predicted molar refractivity (Wildman–Crippen MR) is 119 cm³/mol. The minimum Gasteiger partial charge on any atom is -0.380 e. The summed E-state index contributed by atoms with van der Waals surface area (Å²) in [5.41, 5.74) is 3.74. The third-order valence-corrected chi connectivity index (χ3v) is 5.93. The van der Waals surface area contributed by atoms with Gasteiger partial charge in [0.2, 0.25) is 0 Å². The van der Waals surface area contributed by atoms with Gasteiger partial charge in [0.15, 0.2) is 0 Å². The van der Waals surface area contributed by atoms with Crippen LogP contribution < -0.4 is 5.32 Å². The van der Waals surface area contributed by atoms with E-state index in [-0.39, 0.29) is 5.41 Å². The fourth-order valence-electron chi connectivity index (χ4n) is 4.47. The molecule has 4 rings (SSSR count). The highest BCUT2D eigenvalue weighted by molar-refractivity contribution is 5.84. The van der Waals surface area contributed by atoms with E-state index in [0.29, 0.717) is 6.04 Å². The van der Waals surface area contributed by atoms with E-state index >= 15 is 0 Å². The van der Waals surface area contributed by atoms with Gasteiger partial charge in [-0.2, -0.15) is 5.10 Å². The number of benzene rings is 1. The Bertz CT molecular complexity index is 922. The first-order valence-electron chi connectivity index (χ1n) is 10.7. The van der Waals surface area contributed by atoms with E-state index in [4.69, 9.17) is 4.74 Å². The van der Waals surface area contributed by atoms with Crippen LogP contribution in [0.3, 0.4) is 0 Å². The number of nitrogens with one attached hydrogen (secondary N) is 2. The number of nitrogens with zero attached hydrogens (tertiary/aromatic N) is 3. The number of anilines is 1. The van der Waals surface area contributed by atoms with Gasteiger partial charge in [0, 0.05) is 49.0 Å². The van der Waals surface area contributed by atoms with Crippen molar-refractivity contribution in [3.63, 3.8) is 0 Å². The first-order valence-corrected chi connectivity index (χ1v) is 10.7. The van der Waals surface area contributed by atoms with Gasteiger partial charge in [0.05, 0.1) is 31.6 Å². The Balaban J connectivity index is 1.33. The summed E-state index contributed by atoms with van der Waals surface area (Å²) in [6.45, 7) is 12.6. The molecule has 1 fully saturated rings. The van der Waals surface area contributed by atoms with Crippen LogP contribution in [0.2, 0.25) is 0 Å². The van der Waals surface area contributed by atoms with Crippen molar-refractivity contribution in [2.45, 2.75) is 45.2 Å². The molecule has 6 nitrogen and oxygen atoms in total. The topological polar surface area (TPSA) is 58.1 Å². The fraction of sp³-hybridized carbons (Fsp3) is 0.522. The average molecular weight is 396 g/mol. The normalized spacial score (nSPS) is 16.9. The quantitative estimate of drug-likeness (QED) is 0.608. The molecule has 29 heavy (non-hydrogen) atoms. The van der Waals surface area contributed by atoms with Crippen LogP contribution in [0.4, 0.5) is 5.69 Å². The Labute approximate surface area is 173 Å². The summed E-state index contributed by atoms with van der Waals surface area (Å²) >= 11 is 0. The molecule has 1 unspecified atom stereocenters. The number of fused-ring (bicyclic) bond motifs is 1. The molecule has 3 heterocycles. The maximum absolute atomic E-state index is 5.41. The van der Waals surface area contributed by atoms with E-state index in [1.165, 1.54) is 16.5 Å². The summed E-state index contributed by atoms with van der Waals surface area (Å²) < 4.78 is 7.45. The van der Waals surface area contributed by atoms with Gasteiger partial charge in [0.25, 0.3) is 0 Å². The highest BCUT2D eigenvalue weighted by Gasteiger charge is 2.26. The number of morpholine rings is 1. The Hall–Kier alpha value is -2.31. The Morgan fingerprint density at radius 1 is 1.21 bits per heavy atom. The number of para-hydroxylation sites is 1. The molecule has 156 valence electrons. The summed E-state index contributed by atoms with van der Waals surface area (Å²) in [6.07, 6.45) is 7.26. The van der Waals surface area contributed by atoms with Crippen molar-refractivity contribution in [3.05, 3.63) is 48.4 Å². The molecular weight excluding hydrogens is 362 g/mol. The molecule has 3 aromatic rings. The lowest BCUT2D eigenvalue weighted by atomic mass is 9.79. The molecule has 1 aliphatic rings. The standard InChI is InChI=1S/C23H33N5O/c1-18(14-23(2,3)21-16-24-22-7-5-4-6-20(21)22)26-19-15-25-28(17-19)9-8-27-10-12-29-13-11-27/h4-7,15-18,24,26H,8-14H2,1-3H3. The molecule has 2 aromatic heterocycles. The van der Waals surface area contributed by atoms with Crippen molar-refractivity contribution >= 4 is 16.6 Å². The molecule has 1 atom stereocenters. The van der Waals surface area contributed by atoms with Crippen molar-refractivity contribution < 1.29 is 4.74 Å². The first-order chi connectivity index (χ1) is 14.0. The van der Waals surface area contributed by atoms with Gasteiger partial charge in [-0.25, -0.2) is 0 Å². The highest BCUT2D eigenvalue weighted by Crippen LogP contribution is 2.34. The third kappa shape index (κ3) is 4.82. The highest BCUT2D eigenvalue weighted by atomic mass is 16.5. The van der Waals surface area contributed by atoms with Gasteiger partial charge < -0.3 is 15.0 Å². The predicted octanol–water partition coefficient (Wildman–Crippen LogP) is 3.86. The van der Waals surface area contributed by atoms with E-state index in [2.05, 4.69) is 77.7 Å². The van der Waals surface area contributed by atoms with E-state index in [1.807, 2.05) is 10.9 Å². The smallest absolute Gasteiger partial charge is 0.0728 e. The van der Waals surface area contributed by atoms with Crippen LogP contribution in [0, 0.1) is 0 Å². The molecule has 0 aliphatic carbocycles. The maximum atomic E-state index is 5.41. The Morgan fingerprint density at radius 2 is 2.00 bits per heavy atom. The van der Waals surface area contributed by atoms with E-state index in [9.17, 15) is 0 Å². The van der Waals surface area contributed by atoms with Crippen LogP contribution in [0.25, 0.3) is 10.9 Å². The molecule has 0 bridgehead atoms. The van der Waals surface area contributed by atoms with Gasteiger partial charge in [-0.1, -0.05) is 32.0 Å². The van der Waals surface area contributed by atoms with Gasteiger partial charge in [-0.15, -0.1) is 0 Å². The first kappa shape index (κ1) is 20.0. The van der Waals surface area contributed by atoms with Gasteiger partial charge in [-0.3, -0.25) is 9.58 Å². The molecule has 6 heteroatoms. The summed E-state index contributed by atoms with van der Waals surface area (Å²) in [5.74, 6) is 0. The number of hydrogen-bond acceptors (Lipinski definition) is 4. The van der Waals surface area contributed by atoms with Crippen LogP contribution in [0.5, 0.6) is 0 Å². The second-order valence-corrected chi connectivity index (χ2v) is 8.83. The molecule has 0 saturated carbocycles. The summed E-state index contributed by atoms with van der Waals surface area (Å²) in [5, 5.41) is 9.49. The third-order valence-electron chi connectivity index (χ3n) is 5.93. The largest absolute Gasteiger partial charge is 0.380 e. The zero-order valence-corrected chi connectivity index (χ0v) is 17.8. The lowest BCUT2D eigenvalue weighted by Gasteiger charge is -2.28. The number of H-pyrrole nitrogens is 1. The van der Waals surface area contributed by atoms with Crippen LogP contribution in [-0.2, 0) is 16.7 Å². The Morgan fingerprint density at radius 3 is 2.83 bits per heavy atom. The summed E-state index contributed by atoms with van der Waals surface area (Å²) in [4.78, 5) is 5.85. The van der Waals surface area contributed by atoms with Crippen LogP contribution in [0.15, 0.2) is 42.9 Å². The van der Waals surface area contributed by atoms with Crippen molar-refractivity contribution in [3.8, 4) is 0 Å².